The van der Waals surface area contributed by atoms with Gasteiger partial charge in [-0.25, -0.2) is 0 Å². The number of hydrogen-bond acceptors (Lipinski definition) is 6. The quantitative estimate of drug-likeness (QED) is 0.154. The van der Waals surface area contributed by atoms with E-state index in [2.05, 4.69) is 26.0 Å². The monoisotopic (exact) mass is 553 g/mol. The van der Waals surface area contributed by atoms with Gasteiger partial charge < -0.3 is 14.2 Å². The number of amides is 1. The van der Waals surface area contributed by atoms with E-state index in [1.165, 1.54) is 16.7 Å². The van der Waals surface area contributed by atoms with E-state index < -0.39 is 0 Å². The molecule has 0 saturated carbocycles. The van der Waals surface area contributed by atoms with Gasteiger partial charge in [-0.2, -0.15) is 0 Å². The van der Waals surface area contributed by atoms with Crippen molar-refractivity contribution in [3.8, 4) is 17.2 Å². The van der Waals surface area contributed by atoms with Crippen molar-refractivity contribution >= 4 is 57.6 Å². The Morgan fingerprint density at radius 2 is 1.76 bits per heavy atom. The number of anilines is 1. The van der Waals surface area contributed by atoms with Crippen molar-refractivity contribution in [3.63, 3.8) is 0 Å². The van der Waals surface area contributed by atoms with Crippen LogP contribution in [0, 0.1) is 6.92 Å². The Kier molecular flexibility index (Phi) is 8.79. The van der Waals surface area contributed by atoms with Crippen molar-refractivity contribution in [3.05, 3.63) is 87.3 Å². The third-order valence-electron chi connectivity index (χ3n) is 5.74. The highest BCUT2D eigenvalue weighted by Gasteiger charge is 2.33. The normalized spacial score (nSPS) is 14.5. The molecule has 8 heteroatoms. The van der Waals surface area contributed by atoms with Gasteiger partial charge in [0.25, 0.3) is 5.91 Å². The standard InChI is InChI=1S/C29H28ClNO4S2/c1-18(2)22-11-10-19(3)14-24(22)34-12-13-35-27-23(30)15-20(16-25(27)33-4)17-26-28(32)31(29(36)37-26)21-8-6-5-7-9-21/h5-11,14-18H,12-13H2,1-4H3. The van der Waals surface area contributed by atoms with E-state index in [0.717, 1.165) is 22.6 Å². The first-order valence-electron chi connectivity index (χ1n) is 11.8. The molecule has 0 aliphatic carbocycles. The number of benzene rings is 3. The highest BCUT2D eigenvalue weighted by Crippen LogP contribution is 2.40. The number of halogens is 1. The van der Waals surface area contributed by atoms with Crippen LogP contribution in [0.1, 0.15) is 36.5 Å². The molecule has 3 aromatic rings. The Balaban J connectivity index is 1.46. The number of hydrogen-bond donors (Lipinski definition) is 0. The fraction of sp³-hybridized carbons (Fsp3) is 0.241. The Bertz CT molecular complexity index is 1340. The van der Waals surface area contributed by atoms with Gasteiger partial charge >= 0.3 is 0 Å². The molecule has 0 N–H and O–H groups in total. The van der Waals surface area contributed by atoms with Crippen LogP contribution in [0.2, 0.25) is 5.02 Å². The van der Waals surface area contributed by atoms with Crippen molar-refractivity contribution in [2.45, 2.75) is 26.7 Å². The molecule has 0 bridgehead atoms. The maximum absolute atomic E-state index is 13.1. The summed E-state index contributed by atoms with van der Waals surface area (Å²) < 4.78 is 18.0. The molecule has 1 aliphatic heterocycles. The lowest BCUT2D eigenvalue weighted by molar-refractivity contribution is -0.113. The summed E-state index contributed by atoms with van der Waals surface area (Å²) in [5.41, 5.74) is 3.74. The second-order valence-electron chi connectivity index (χ2n) is 8.78. The minimum Gasteiger partial charge on any atom is -0.493 e. The molecule has 0 atom stereocenters. The van der Waals surface area contributed by atoms with Crippen LogP contribution in [0.25, 0.3) is 6.08 Å². The predicted octanol–water partition coefficient (Wildman–Crippen LogP) is 7.64. The van der Waals surface area contributed by atoms with Gasteiger partial charge in [0.05, 0.1) is 22.7 Å². The van der Waals surface area contributed by atoms with Crippen LogP contribution in [0.5, 0.6) is 17.2 Å². The number of carbonyl (C=O) groups is 1. The predicted molar refractivity (Wildman–Crippen MR) is 156 cm³/mol. The molecule has 0 aromatic heterocycles. The van der Waals surface area contributed by atoms with Gasteiger partial charge in [0.2, 0.25) is 0 Å². The number of ether oxygens (including phenoxy) is 3. The van der Waals surface area contributed by atoms with E-state index >= 15 is 0 Å². The molecule has 1 aliphatic rings. The first-order valence-corrected chi connectivity index (χ1v) is 13.5. The topological polar surface area (TPSA) is 48.0 Å². The number of aryl methyl sites for hydroxylation is 1. The van der Waals surface area contributed by atoms with Crippen LogP contribution in [-0.4, -0.2) is 30.6 Å². The van der Waals surface area contributed by atoms with Gasteiger partial charge in [-0.3, -0.25) is 9.69 Å². The SMILES string of the molecule is COc1cc(C=C2SC(=S)N(c3ccccc3)C2=O)cc(Cl)c1OCCOc1cc(C)ccc1C(C)C. The maximum Gasteiger partial charge on any atom is 0.270 e. The van der Waals surface area contributed by atoms with Gasteiger partial charge in [-0.15, -0.1) is 0 Å². The van der Waals surface area contributed by atoms with Crippen molar-refractivity contribution in [1.82, 2.24) is 0 Å². The number of methoxy groups -OCH3 is 1. The van der Waals surface area contributed by atoms with Gasteiger partial charge in [0.1, 0.15) is 19.0 Å². The molecule has 5 nitrogen and oxygen atoms in total. The largest absolute Gasteiger partial charge is 0.493 e. The summed E-state index contributed by atoms with van der Waals surface area (Å²) in [6.07, 6.45) is 1.76. The second kappa shape index (κ2) is 12.0. The molecule has 0 radical (unpaired) electrons. The van der Waals surface area contributed by atoms with Gasteiger partial charge in [0.15, 0.2) is 15.8 Å². The van der Waals surface area contributed by atoms with E-state index in [1.807, 2.05) is 43.3 Å². The molecule has 37 heavy (non-hydrogen) atoms. The summed E-state index contributed by atoms with van der Waals surface area (Å²) in [5, 5.41) is 0.377. The lowest BCUT2D eigenvalue weighted by Crippen LogP contribution is -2.27. The molecule has 0 unspecified atom stereocenters. The lowest BCUT2D eigenvalue weighted by atomic mass is 10.0. The molecular formula is C29H28ClNO4S2. The number of thioether (sulfide) groups is 1. The van der Waals surface area contributed by atoms with Gasteiger partial charge in [-0.1, -0.05) is 79.8 Å². The zero-order valence-electron chi connectivity index (χ0n) is 21.1. The van der Waals surface area contributed by atoms with Crippen LogP contribution in [0.15, 0.2) is 65.6 Å². The number of nitrogens with zero attached hydrogens (tertiary/aromatic N) is 1. The van der Waals surface area contributed by atoms with Crippen molar-refractivity contribution in [2.24, 2.45) is 0 Å². The summed E-state index contributed by atoms with van der Waals surface area (Å²) in [4.78, 5) is 15.1. The van der Waals surface area contributed by atoms with E-state index in [1.54, 1.807) is 25.3 Å². The fourth-order valence-electron chi connectivity index (χ4n) is 3.92. The third kappa shape index (κ3) is 6.29. The summed E-state index contributed by atoms with van der Waals surface area (Å²) in [5.74, 6) is 1.93. The van der Waals surface area contributed by atoms with Crippen molar-refractivity contribution < 1.29 is 19.0 Å². The summed E-state index contributed by atoms with van der Waals surface area (Å²) in [7, 11) is 1.55. The van der Waals surface area contributed by atoms with Gasteiger partial charge in [0, 0.05) is 0 Å². The Morgan fingerprint density at radius 3 is 2.46 bits per heavy atom. The number of para-hydroxylation sites is 1. The molecule has 1 saturated heterocycles. The minimum atomic E-state index is -0.175. The molecule has 0 spiro atoms. The highest BCUT2D eigenvalue weighted by atomic mass is 35.5. The zero-order chi connectivity index (χ0) is 26.5. The highest BCUT2D eigenvalue weighted by molar-refractivity contribution is 8.27. The summed E-state index contributed by atoms with van der Waals surface area (Å²) >= 11 is 13.3. The minimum absolute atomic E-state index is 0.175. The number of thiocarbonyl (C=S) groups is 1. The van der Waals surface area contributed by atoms with E-state index in [0.29, 0.717) is 43.8 Å². The average molecular weight is 554 g/mol. The maximum atomic E-state index is 13.1. The lowest BCUT2D eigenvalue weighted by Gasteiger charge is -2.16. The van der Waals surface area contributed by atoms with Crippen LogP contribution < -0.4 is 19.1 Å². The van der Waals surface area contributed by atoms with Crippen molar-refractivity contribution in [2.75, 3.05) is 25.2 Å². The zero-order valence-corrected chi connectivity index (χ0v) is 23.5. The van der Waals surface area contributed by atoms with Crippen LogP contribution >= 0.6 is 35.6 Å². The molecule has 1 amide bonds. The molecule has 192 valence electrons. The van der Waals surface area contributed by atoms with Crippen LogP contribution in [-0.2, 0) is 4.79 Å². The van der Waals surface area contributed by atoms with Gasteiger partial charge in [-0.05, 0) is 65.9 Å². The van der Waals surface area contributed by atoms with E-state index in [-0.39, 0.29) is 12.5 Å². The Hall–Kier alpha value is -3.00. The average Bonchev–Trinajstić information content (AvgIpc) is 3.15. The summed E-state index contributed by atoms with van der Waals surface area (Å²) in [6, 6.07) is 19.1. The van der Waals surface area contributed by atoms with Crippen LogP contribution in [0.3, 0.4) is 0 Å². The van der Waals surface area contributed by atoms with Crippen LogP contribution in [0.4, 0.5) is 5.69 Å². The number of rotatable bonds is 9. The molecule has 3 aromatic carbocycles. The second-order valence-corrected chi connectivity index (χ2v) is 10.9. The molecular weight excluding hydrogens is 526 g/mol. The summed E-state index contributed by atoms with van der Waals surface area (Å²) in [6.45, 7) is 6.96. The Labute approximate surface area is 232 Å². The number of carbonyl (C=O) groups excluding carboxylic acids is 1. The first kappa shape index (κ1) is 27.0. The first-order chi connectivity index (χ1) is 17.8. The van der Waals surface area contributed by atoms with E-state index in [9.17, 15) is 4.79 Å². The fourth-order valence-corrected chi connectivity index (χ4v) is 5.49. The van der Waals surface area contributed by atoms with Crippen molar-refractivity contribution in [1.29, 1.82) is 0 Å². The van der Waals surface area contributed by atoms with E-state index in [4.69, 9.17) is 38.0 Å². The third-order valence-corrected chi connectivity index (χ3v) is 7.32. The molecule has 1 fully saturated rings. The molecule has 1 heterocycles. The Morgan fingerprint density at radius 1 is 1.03 bits per heavy atom. The smallest absolute Gasteiger partial charge is 0.270 e. The molecule has 4 rings (SSSR count).